The van der Waals surface area contributed by atoms with Crippen molar-refractivity contribution in [1.29, 1.82) is 0 Å². The number of carboxylic acid groups (broad SMARTS) is 1. The van der Waals surface area contributed by atoms with E-state index in [9.17, 15) is 9.59 Å². The fourth-order valence-electron chi connectivity index (χ4n) is 1.73. The highest BCUT2D eigenvalue weighted by molar-refractivity contribution is 9.10. The van der Waals surface area contributed by atoms with Crippen LogP contribution in [0.5, 0.6) is 0 Å². The fraction of sp³-hybridized carbons (Fsp3) is 0.154. The van der Waals surface area contributed by atoms with Crippen LogP contribution in [0.4, 0.5) is 10.5 Å². The van der Waals surface area contributed by atoms with Crippen molar-refractivity contribution in [2.45, 2.75) is 13.0 Å². The maximum absolute atomic E-state index is 11.9. The molecule has 0 aliphatic rings. The van der Waals surface area contributed by atoms with Crippen molar-refractivity contribution < 1.29 is 14.7 Å². The first-order chi connectivity index (χ1) is 9.95. The first kappa shape index (κ1) is 15.0. The number of anilines is 1. The molecule has 8 heteroatoms. The lowest BCUT2D eigenvalue weighted by Gasteiger charge is -2.13. The third-order valence-corrected chi connectivity index (χ3v) is 3.14. The smallest absolute Gasteiger partial charge is 0.335 e. The largest absolute Gasteiger partial charge is 0.478 e. The number of carboxylic acids is 1. The van der Waals surface area contributed by atoms with Gasteiger partial charge in [-0.25, -0.2) is 14.6 Å². The molecule has 2 aromatic rings. The van der Waals surface area contributed by atoms with E-state index in [2.05, 4.69) is 36.5 Å². The van der Waals surface area contributed by atoms with E-state index in [1.807, 2.05) is 0 Å². The van der Waals surface area contributed by atoms with Gasteiger partial charge >= 0.3 is 12.0 Å². The molecule has 0 saturated carbocycles. The highest BCUT2D eigenvalue weighted by Crippen LogP contribution is 2.20. The van der Waals surface area contributed by atoms with Crippen molar-refractivity contribution in [3.05, 3.63) is 46.5 Å². The Morgan fingerprint density at radius 1 is 1.38 bits per heavy atom. The van der Waals surface area contributed by atoms with Crippen LogP contribution in [0.2, 0.25) is 0 Å². The van der Waals surface area contributed by atoms with Crippen LogP contribution in [0, 0.1) is 0 Å². The number of aromatic nitrogens is 2. The summed E-state index contributed by atoms with van der Waals surface area (Å²) in [6.45, 7) is 1.78. The lowest BCUT2D eigenvalue weighted by atomic mass is 10.2. The lowest BCUT2D eigenvalue weighted by molar-refractivity contribution is 0.0697. The van der Waals surface area contributed by atoms with Gasteiger partial charge in [0.1, 0.15) is 5.82 Å². The summed E-state index contributed by atoms with van der Waals surface area (Å²) in [5.74, 6) is -0.436. The van der Waals surface area contributed by atoms with Crippen molar-refractivity contribution in [2.75, 3.05) is 5.32 Å². The highest BCUT2D eigenvalue weighted by atomic mass is 79.9. The number of nitrogens with zero attached hydrogens (tertiary/aromatic N) is 1. The van der Waals surface area contributed by atoms with E-state index >= 15 is 0 Å². The average molecular weight is 353 g/mol. The Kier molecular flexibility index (Phi) is 4.59. The van der Waals surface area contributed by atoms with Crippen LogP contribution >= 0.6 is 15.9 Å². The number of aromatic amines is 1. The minimum Gasteiger partial charge on any atom is -0.478 e. The standard InChI is InChI=1S/C13H13BrN4O3/c1-7(11-15-2-3-16-11)17-13(21)18-10-5-8(12(19)20)4-9(14)6-10/h2-7H,1H3,(H,15,16)(H,19,20)(H2,17,18,21). The molecular weight excluding hydrogens is 340 g/mol. The molecule has 0 bridgehead atoms. The van der Waals surface area contributed by atoms with Gasteiger partial charge in [0.15, 0.2) is 0 Å². The lowest BCUT2D eigenvalue weighted by Crippen LogP contribution is -2.31. The normalized spacial score (nSPS) is 11.7. The number of urea groups is 1. The zero-order valence-corrected chi connectivity index (χ0v) is 12.6. The van der Waals surface area contributed by atoms with Gasteiger partial charge in [-0.05, 0) is 25.1 Å². The molecule has 0 saturated heterocycles. The zero-order chi connectivity index (χ0) is 15.4. The molecule has 0 aliphatic carbocycles. The summed E-state index contributed by atoms with van der Waals surface area (Å²) in [7, 11) is 0. The Balaban J connectivity index is 2.04. The van der Waals surface area contributed by atoms with Crippen molar-refractivity contribution >= 4 is 33.6 Å². The molecular formula is C13H13BrN4O3. The molecule has 0 radical (unpaired) electrons. The minimum atomic E-state index is -1.07. The third-order valence-electron chi connectivity index (χ3n) is 2.68. The molecule has 0 spiro atoms. The van der Waals surface area contributed by atoms with Gasteiger partial charge < -0.3 is 20.7 Å². The Morgan fingerprint density at radius 3 is 2.76 bits per heavy atom. The summed E-state index contributed by atoms with van der Waals surface area (Å²) >= 11 is 3.20. The number of carbonyl (C=O) groups excluding carboxylic acids is 1. The predicted molar refractivity (Wildman–Crippen MR) is 80.3 cm³/mol. The average Bonchev–Trinajstić information content (AvgIpc) is 2.91. The zero-order valence-electron chi connectivity index (χ0n) is 11.1. The Hall–Kier alpha value is -2.35. The maximum atomic E-state index is 11.9. The third kappa shape index (κ3) is 4.06. The van der Waals surface area contributed by atoms with E-state index in [0.29, 0.717) is 16.0 Å². The van der Waals surface area contributed by atoms with Crippen LogP contribution in [-0.4, -0.2) is 27.1 Å². The van der Waals surface area contributed by atoms with Gasteiger partial charge in [0.25, 0.3) is 0 Å². The summed E-state index contributed by atoms with van der Waals surface area (Å²) < 4.78 is 0.566. The molecule has 2 rings (SSSR count). The monoisotopic (exact) mass is 352 g/mol. The second kappa shape index (κ2) is 6.40. The number of benzene rings is 1. The SMILES string of the molecule is CC(NC(=O)Nc1cc(Br)cc(C(=O)O)c1)c1ncc[nH]1. The Labute approximate surface area is 128 Å². The number of amides is 2. The molecule has 1 aromatic heterocycles. The van der Waals surface area contributed by atoms with Crippen LogP contribution in [0.25, 0.3) is 0 Å². The first-order valence-corrected chi connectivity index (χ1v) is 6.85. The number of hydrogen-bond acceptors (Lipinski definition) is 3. The van der Waals surface area contributed by atoms with Gasteiger partial charge in [-0.3, -0.25) is 0 Å². The van der Waals surface area contributed by atoms with Gasteiger partial charge in [-0.1, -0.05) is 15.9 Å². The van der Waals surface area contributed by atoms with Gasteiger partial charge in [0.2, 0.25) is 0 Å². The second-order valence-electron chi connectivity index (χ2n) is 4.33. The fourth-order valence-corrected chi connectivity index (χ4v) is 2.23. The van der Waals surface area contributed by atoms with E-state index < -0.39 is 12.0 Å². The maximum Gasteiger partial charge on any atom is 0.335 e. The molecule has 0 aliphatic heterocycles. The van der Waals surface area contributed by atoms with E-state index in [1.165, 1.54) is 12.1 Å². The molecule has 1 heterocycles. The molecule has 110 valence electrons. The number of hydrogen-bond donors (Lipinski definition) is 4. The topological polar surface area (TPSA) is 107 Å². The summed E-state index contributed by atoms with van der Waals surface area (Å²) in [4.78, 5) is 29.8. The van der Waals surface area contributed by atoms with Gasteiger partial charge in [0.05, 0.1) is 11.6 Å². The number of aromatic carboxylic acids is 1. The first-order valence-electron chi connectivity index (χ1n) is 6.06. The van der Waals surface area contributed by atoms with Crippen LogP contribution in [0.3, 0.4) is 0 Å². The van der Waals surface area contributed by atoms with Gasteiger partial charge in [-0.15, -0.1) is 0 Å². The van der Waals surface area contributed by atoms with E-state index in [0.717, 1.165) is 0 Å². The van der Waals surface area contributed by atoms with Crippen molar-refractivity contribution in [3.8, 4) is 0 Å². The molecule has 1 aromatic carbocycles. The van der Waals surface area contributed by atoms with Crippen molar-refractivity contribution in [2.24, 2.45) is 0 Å². The molecule has 1 unspecified atom stereocenters. The molecule has 7 nitrogen and oxygen atoms in total. The molecule has 21 heavy (non-hydrogen) atoms. The quantitative estimate of drug-likeness (QED) is 0.678. The van der Waals surface area contributed by atoms with Crippen molar-refractivity contribution in [3.63, 3.8) is 0 Å². The van der Waals surface area contributed by atoms with Gasteiger partial charge in [-0.2, -0.15) is 0 Å². The number of halogens is 1. The summed E-state index contributed by atoms with van der Waals surface area (Å²) in [5.41, 5.74) is 0.463. The van der Waals surface area contributed by atoms with Crippen molar-refractivity contribution in [1.82, 2.24) is 15.3 Å². The van der Waals surface area contributed by atoms with Crippen LogP contribution in [0.1, 0.15) is 29.1 Å². The summed E-state index contributed by atoms with van der Waals surface area (Å²) in [5, 5.41) is 14.3. The predicted octanol–water partition coefficient (Wildman–Crippen LogP) is 2.75. The second-order valence-corrected chi connectivity index (χ2v) is 5.24. The van der Waals surface area contributed by atoms with E-state index in [-0.39, 0.29) is 11.6 Å². The number of nitrogens with one attached hydrogen (secondary N) is 3. The summed E-state index contributed by atoms with van der Waals surface area (Å²) in [6.07, 6.45) is 3.26. The molecule has 2 amide bonds. The highest BCUT2D eigenvalue weighted by Gasteiger charge is 2.12. The molecule has 1 atom stereocenters. The van der Waals surface area contributed by atoms with Gasteiger partial charge in [0, 0.05) is 22.6 Å². The van der Waals surface area contributed by atoms with Crippen LogP contribution in [0.15, 0.2) is 35.1 Å². The minimum absolute atomic E-state index is 0.0822. The number of imidazole rings is 1. The summed E-state index contributed by atoms with van der Waals surface area (Å²) in [6, 6.07) is 3.70. The van der Waals surface area contributed by atoms with Crippen LogP contribution < -0.4 is 10.6 Å². The molecule has 4 N–H and O–H groups in total. The number of rotatable bonds is 4. The van der Waals surface area contributed by atoms with Crippen LogP contribution in [-0.2, 0) is 0 Å². The Bertz CT molecular complexity index is 657. The molecule has 0 fully saturated rings. The number of carbonyl (C=O) groups is 2. The Morgan fingerprint density at radius 2 is 2.14 bits per heavy atom. The van der Waals surface area contributed by atoms with E-state index in [1.54, 1.807) is 25.4 Å². The van der Waals surface area contributed by atoms with E-state index in [4.69, 9.17) is 5.11 Å². The number of H-pyrrole nitrogens is 1.